The zero-order valence-corrected chi connectivity index (χ0v) is 26.6. The molecule has 4 rings (SSSR count). The van der Waals surface area contributed by atoms with E-state index in [1.807, 2.05) is 0 Å². The third-order valence-corrected chi connectivity index (χ3v) is 16.6. The molecule has 4 saturated carbocycles. The summed E-state index contributed by atoms with van der Waals surface area (Å²) in [5, 5.41) is 0.110. The number of ether oxygens (including phenoxy) is 3. The Hall–Kier alpha value is -0.763. The van der Waals surface area contributed by atoms with Crippen molar-refractivity contribution in [3.8, 4) is 0 Å². The van der Waals surface area contributed by atoms with Crippen molar-refractivity contribution < 1.29 is 28.2 Å². The fourth-order valence-corrected chi connectivity index (χ4v) is 9.93. The van der Waals surface area contributed by atoms with Crippen LogP contribution < -0.4 is 0 Å². The van der Waals surface area contributed by atoms with E-state index >= 15 is 0 Å². The minimum Gasteiger partial charge on any atom is -0.460 e. The van der Waals surface area contributed by atoms with Gasteiger partial charge in [-0.2, -0.15) is 0 Å². The second-order valence-corrected chi connectivity index (χ2v) is 19.9. The van der Waals surface area contributed by atoms with Gasteiger partial charge in [-0.1, -0.05) is 34.6 Å². The fourth-order valence-electron chi connectivity index (χ4n) is 9.00. The van der Waals surface area contributed by atoms with Gasteiger partial charge >= 0.3 is 5.97 Å². The van der Waals surface area contributed by atoms with Gasteiger partial charge in [-0.3, -0.25) is 9.59 Å². The summed E-state index contributed by atoms with van der Waals surface area (Å²) in [4.78, 5) is 25.6. The topological polar surface area (TPSA) is 71.1 Å². The molecule has 38 heavy (non-hydrogen) atoms. The van der Waals surface area contributed by atoms with Gasteiger partial charge in [-0.25, -0.2) is 0 Å². The summed E-state index contributed by atoms with van der Waals surface area (Å²) >= 11 is 0. The van der Waals surface area contributed by atoms with Crippen LogP contribution in [0.5, 0.6) is 0 Å². The minimum absolute atomic E-state index is 0.0757. The molecule has 0 unspecified atom stereocenters. The Morgan fingerprint density at radius 3 is 2.26 bits per heavy atom. The SMILES string of the molecule is COCO[C@H]1C[C@@H]2CC[C@@H]3[C@H](CC[C@]4(C)[C@@H](C(=O)CO[Si](C)(C)C(C)(C)C)CC[C@@H]34)[C@@]2(C)C[C@@H]1OC(C)=O. The fraction of sp³-hybridized carbons (Fsp3) is 0.935. The zero-order chi connectivity index (χ0) is 28.1. The molecular formula is C31H54O6Si. The number of esters is 1. The third-order valence-electron chi connectivity index (χ3n) is 12.1. The number of rotatable bonds is 8. The van der Waals surface area contributed by atoms with Gasteiger partial charge in [0, 0.05) is 20.0 Å². The molecule has 4 aliphatic rings. The first-order chi connectivity index (χ1) is 17.6. The van der Waals surface area contributed by atoms with E-state index < -0.39 is 8.32 Å². The number of hydrogen-bond acceptors (Lipinski definition) is 6. The maximum atomic E-state index is 13.6. The van der Waals surface area contributed by atoms with E-state index in [1.165, 1.54) is 19.8 Å². The van der Waals surface area contributed by atoms with Gasteiger partial charge in [0.25, 0.3) is 0 Å². The van der Waals surface area contributed by atoms with Crippen molar-refractivity contribution in [3.05, 3.63) is 0 Å². The molecule has 0 aromatic carbocycles. The van der Waals surface area contributed by atoms with Gasteiger partial charge in [-0.05, 0) is 104 Å². The highest BCUT2D eigenvalue weighted by molar-refractivity contribution is 6.74. The molecule has 0 radical (unpaired) electrons. The molecule has 0 spiro atoms. The van der Waals surface area contributed by atoms with Gasteiger partial charge in [0.2, 0.25) is 0 Å². The predicted molar refractivity (Wildman–Crippen MR) is 151 cm³/mol. The quantitative estimate of drug-likeness (QED) is 0.189. The van der Waals surface area contributed by atoms with Crippen LogP contribution in [0.4, 0.5) is 0 Å². The largest absolute Gasteiger partial charge is 0.460 e. The Morgan fingerprint density at radius 2 is 1.63 bits per heavy atom. The van der Waals surface area contributed by atoms with Crippen molar-refractivity contribution in [2.75, 3.05) is 20.5 Å². The summed E-state index contributed by atoms with van der Waals surface area (Å²) in [6, 6.07) is 0. The van der Waals surface area contributed by atoms with E-state index in [0.29, 0.717) is 29.5 Å². The summed E-state index contributed by atoms with van der Waals surface area (Å²) in [6.45, 7) is 18.1. The molecule has 0 aromatic heterocycles. The lowest BCUT2D eigenvalue weighted by Crippen LogP contribution is -2.58. The highest BCUT2D eigenvalue weighted by atomic mass is 28.4. The van der Waals surface area contributed by atoms with Crippen LogP contribution >= 0.6 is 0 Å². The molecular weight excluding hydrogens is 496 g/mol. The van der Waals surface area contributed by atoms with Gasteiger partial charge in [0.1, 0.15) is 12.9 Å². The average Bonchev–Trinajstić information content (AvgIpc) is 3.17. The van der Waals surface area contributed by atoms with Crippen LogP contribution in [0.1, 0.15) is 92.9 Å². The lowest BCUT2D eigenvalue weighted by Gasteiger charge is -2.61. The molecule has 7 heteroatoms. The number of ketones is 1. The Labute approximate surface area is 232 Å². The van der Waals surface area contributed by atoms with E-state index in [9.17, 15) is 9.59 Å². The summed E-state index contributed by atoms with van der Waals surface area (Å²) in [7, 11) is -0.315. The monoisotopic (exact) mass is 550 g/mol. The number of carbonyl (C=O) groups excluding carboxylic acids is 2. The molecule has 4 fully saturated rings. The van der Waals surface area contributed by atoms with Crippen molar-refractivity contribution in [1.82, 2.24) is 0 Å². The number of carbonyl (C=O) groups is 2. The predicted octanol–water partition coefficient (Wildman–Crippen LogP) is 6.77. The number of fused-ring (bicyclic) bond motifs is 5. The van der Waals surface area contributed by atoms with Crippen molar-refractivity contribution in [3.63, 3.8) is 0 Å². The minimum atomic E-state index is -1.95. The molecule has 0 N–H and O–H groups in total. The molecule has 0 heterocycles. The van der Waals surface area contributed by atoms with Crippen LogP contribution in [-0.2, 0) is 28.2 Å². The second kappa shape index (κ2) is 10.9. The maximum absolute atomic E-state index is 13.6. The van der Waals surface area contributed by atoms with Crippen molar-refractivity contribution in [2.24, 2.45) is 40.4 Å². The summed E-state index contributed by atoms with van der Waals surface area (Å²) < 4.78 is 23.5. The Kier molecular flexibility index (Phi) is 8.67. The third kappa shape index (κ3) is 5.43. The lowest BCUT2D eigenvalue weighted by molar-refractivity contribution is -0.204. The van der Waals surface area contributed by atoms with Crippen LogP contribution in [0.15, 0.2) is 0 Å². The van der Waals surface area contributed by atoms with Crippen molar-refractivity contribution in [1.29, 1.82) is 0 Å². The van der Waals surface area contributed by atoms with E-state index in [1.54, 1.807) is 7.11 Å². The number of Topliss-reactive ketones (excluding diaryl/α,β-unsaturated/α-hetero) is 1. The van der Waals surface area contributed by atoms with Crippen LogP contribution in [0.3, 0.4) is 0 Å². The Bertz CT molecular complexity index is 882. The molecule has 0 aliphatic heterocycles. The smallest absolute Gasteiger partial charge is 0.302 e. The Balaban J connectivity index is 1.48. The molecule has 0 aromatic rings. The molecule has 9 atom stereocenters. The van der Waals surface area contributed by atoms with Gasteiger partial charge < -0.3 is 18.6 Å². The lowest BCUT2D eigenvalue weighted by atomic mass is 9.44. The second-order valence-electron chi connectivity index (χ2n) is 15.0. The van der Waals surface area contributed by atoms with Gasteiger partial charge in [0.05, 0.1) is 12.7 Å². The van der Waals surface area contributed by atoms with Gasteiger partial charge in [-0.15, -0.1) is 0 Å². The van der Waals surface area contributed by atoms with Crippen molar-refractivity contribution >= 4 is 20.1 Å². The summed E-state index contributed by atoms with van der Waals surface area (Å²) in [6.07, 6.45) is 8.33. The van der Waals surface area contributed by atoms with Crippen molar-refractivity contribution in [2.45, 2.75) is 123 Å². The Morgan fingerprint density at radius 1 is 0.947 bits per heavy atom. The molecule has 0 saturated heterocycles. The number of methoxy groups -OCH3 is 1. The molecule has 4 aliphatic carbocycles. The summed E-state index contributed by atoms with van der Waals surface area (Å²) in [5.41, 5.74) is 0.205. The molecule has 218 valence electrons. The van der Waals surface area contributed by atoms with E-state index in [0.717, 1.165) is 38.5 Å². The van der Waals surface area contributed by atoms with Gasteiger partial charge in [0.15, 0.2) is 14.1 Å². The van der Waals surface area contributed by atoms with Crippen LogP contribution in [0.25, 0.3) is 0 Å². The molecule has 0 amide bonds. The highest BCUT2D eigenvalue weighted by Crippen LogP contribution is 2.67. The van der Waals surface area contributed by atoms with E-state index in [4.69, 9.17) is 18.6 Å². The normalized spacial score (nSPS) is 41.1. The van der Waals surface area contributed by atoms with E-state index in [-0.39, 0.29) is 53.4 Å². The zero-order valence-electron chi connectivity index (χ0n) is 25.6. The first-order valence-electron chi connectivity index (χ1n) is 15.1. The highest BCUT2D eigenvalue weighted by Gasteiger charge is 2.62. The maximum Gasteiger partial charge on any atom is 0.302 e. The summed E-state index contributed by atoms with van der Waals surface area (Å²) in [5.74, 6) is 2.64. The number of hydrogen-bond donors (Lipinski definition) is 0. The van der Waals surface area contributed by atoms with Crippen LogP contribution in [0.2, 0.25) is 18.1 Å². The van der Waals surface area contributed by atoms with Crippen LogP contribution in [0, 0.1) is 40.4 Å². The first-order valence-corrected chi connectivity index (χ1v) is 18.0. The molecule has 6 nitrogen and oxygen atoms in total. The van der Waals surface area contributed by atoms with E-state index in [2.05, 4.69) is 47.7 Å². The standard InChI is InChI=1S/C31H54O6Si/c1-20(32)37-28-17-31(6)21(16-27(28)35-19-34-7)10-11-22-23-12-13-25(30(23,5)15-14-24(22)31)26(33)18-36-38(8,9)29(2,3)4/h21-25,27-28H,10-19H2,1-9H3/t21-,22-,23-,24-,25+,27-,28-,30-,31-/m0/s1. The average molecular weight is 551 g/mol. The molecule has 0 bridgehead atoms. The first kappa shape index (κ1) is 30.2. The van der Waals surface area contributed by atoms with Crippen LogP contribution in [-0.4, -0.2) is 52.8 Å².